The van der Waals surface area contributed by atoms with Gasteiger partial charge >= 0.3 is 0 Å². The Labute approximate surface area is 114 Å². The first-order valence-corrected chi connectivity index (χ1v) is 8.54. The molecule has 2 rings (SSSR count). The molecule has 0 aromatic heterocycles. The van der Waals surface area contributed by atoms with E-state index in [2.05, 4.69) is 12.2 Å². The monoisotopic (exact) mass is 251 g/mol. The molecule has 0 aromatic rings. The van der Waals surface area contributed by atoms with Crippen molar-refractivity contribution in [2.45, 2.75) is 84.0 Å². The Morgan fingerprint density at radius 2 is 1.22 bits per heavy atom. The van der Waals surface area contributed by atoms with Crippen molar-refractivity contribution in [2.75, 3.05) is 13.1 Å². The molecule has 1 atom stereocenters. The fourth-order valence-electron chi connectivity index (χ4n) is 4.18. The topological polar surface area (TPSA) is 12.0 Å². The Morgan fingerprint density at radius 1 is 0.722 bits per heavy atom. The number of rotatable bonds is 0. The summed E-state index contributed by atoms with van der Waals surface area (Å²) in [5.74, 6) is 0.897. The van der Waals surface area contributed by atoms with Crippen LogP contribution in [0.4, 0.5) is 0 Å². The molecule has 0 amide bonds. The predicted octanol–water partition coefficient (Wildman–Crippen LogP) is 4.91. The normalized spacial score (nSPS) is 31.5. The van der Waals surface area contributed by atoms with E-state index in [1.165, 1.54) is 90.1 Å². The minimum Gasteiger partial charge on any atom is -0.316 e. The maximum atomic E-state index is 3.59. The van der Waals surface area contributed by atoms with Gasteiger partial charge in [0.15, 0.2) is 0 Å². The van der Waals surface area contributed by atoms with Crippen molar-refractivity contribution in [1.29, 1.82) is 0 Å². The maximum absolute atomic E-state index is 3.59. The van der Waals surface area contributed by atoms with Crippen molar-refractivity contribution < 1.29 is 0 Å². The standard InChI is InChI=1S/C17H33N/c1-16-15-18-14-13-17(16)11-9-7-5-3-2-4-6-8-10-12-17/h16,18H,2-15H2,1H3. The fraction of sp³-hybridized carbons (Fsp3) is 1.00. The molecule has 1 spiro atoms. The van der Waals surface area contributed by atoms with Gasteiger partial charge < -0.3 is 5.32 Å². The second kappa shape index (κ2) is 7.53. The summed E-state index contributed by atoms with van der Waals surface area (Å²) in [4.78, 5) is 0. The van der Waals surface area contributed by atoms with Crippen LogP contribution in [0.3, 0.4) is 0 Å². The van der Waals surface area contributed by atoms with Crippen molar-refractivity contribution >= 4 is 0 Å². The summed E-state index contributed by atoms with van der Waals surface area (Å²) < 4.78 is 0. The summed E-state index contributed by atoms with van der Waals surface area (Å²) in [7, 11) is 0. The zero-order valence-corrected chi connectivity index (χ0v) is 12.5. The van der Waals surface area contributed by atoms with Gasteiger partial charge in [-0.15, -0.1) is 0 Å². The molecule has 2 aliphatic rings. The van der Waals surface area contributed by atoms with Crippen LogP contribution in [0, 0.1) is 11.3 Å². The fourth-order valence-corrected chi connectivity index (χ4v) is 4.18. The molecule has 1 aliphatic heterocycles. The average Bonchev–Trinajstić information content (AvgIpc) is 2.37. The SMILES string of the molecule is CC1CNCCC12CCCCCCCCCCC2. The van der Waals surface area contributed by atoms with E-state index in [1.807, 2.05) is 0 Å². The van der Waals surface area contributed by atoms with E-state index in [1.54, 1.807) is 0 Å². The van der Waals surface area contributed by atoms with Crippen LogP contribution in [-0.4, -0.2) is 13.1 Å². The lowest BCUT2D eigenvalue weighted by Crippen LogP contribution is -2.43. The lowest BCUT2D eigenvalue weighted by atomic mass is 9.65. The number of nitrogens with one attached hydrogen (secondary N) is 1. The number of hydrogen-bond donors (Lipinski definition) is 1. The predicted molar refractivity (Wildman–Crippen MR) is 79.9 cm³/mol. The van der Waals surface area contributed by atoms with E-state index < -0.39 is 0 Å². The second-order valence-corrected chi connectivity index (χ2v) is 6.90. The summed E-state index contributed by atoms with van der Waals surface area (Å²) in [6, 6.07) is 0. The van der Waals surface area contributed by atoms with Gasteiger partial charge in [-0.3, -0.25) is 0 Å². The highest BCUT2D eigenvalue weighted by atomic mass is 14.9. The third kappa shape index (κ3) is 3.98. The lowest BCUT2D eigenvalue weighted by molar-refractivity contribution is 0.0879. The van der Waals surface area contributed by atoms with E-state index in [0.29, 0.717) is 5.41 Å². The van der Waals surface area contributed by atoms with E-state index in [0.717, 1.165) is 5.92 Å². The van der Waals surface area contributed by atoms with Crippen LogP contribution in [0.1, 0.15) is 84.0 Å². The molecule has 106 valence electrons. The van der Waals surface area contributed by atoms with Gasteiger partial charge in [0.25, 0.3) is 0 Å². The zero-order valence-electron chi connectivity index (χ0n) is 12.5. The number of hydrogen-bond acceptors (Lipinski definition) is 1. The highest BCUT2D eigenvalue weighted by Crippen LogP contribution is 2.43. The van der Waals surface area contributed by atoms with Gasteiger partial charge in [-0.2, -0.15) is 0 Å². The molecule has 0 aromatic carbocycles. The first kappa shape index (κ1) is 14.4. The van der Waals surface area contributed by atoms with Crippen molar-refractivity contribution in [3.8, 4) is 0 Å². The van der Waals surface area contributed by atoms with Crippen molar-refractivity contribution in [3.05, 3.63) is 0 Å². The first-order valence-electron chi connectivity index (χ1n) is 8.54. The van der Waals surface area contributed by atoms with Gasteiger partial charge in [0.05, 0.1) is 0 Å². The Balaban J connectivity index is 1.91. The summed E-state index contributed by atoms with van der Waals surface area (Å²) in [5, 5.41) is 3.59. The second-order valence-electron chi connectivity index (χ2n) is 6.90. The molecule has 1 unspecified atom stereocenters. The van der Waals surface area contributed by atoms with Crippen LogP contribution >= 0.6 is 0 Å². The summed E-state index contributed by atoms with van der Waals surface area (Å²) in [5.41, 5.74) is 0.699. The van der Waals surface area contributed by atoms with Gasteiger partial charge in [-0.25, -0.2) is 0 Å². The van der Waals surface area contributed by atoms with Crippen molar-refractivity contribution in [3.63, 3.8) is 0 Å². The molecule has 2 fully saturated rings. The van der Waals surface area contributed by atoms with Gasteiger partial charge in [0, 0.05) is 0 Å². The van der Waals surface area contributed by atoms with Gasteiger partial charge in [-0.05, 0) is 43.7 Å². The smallest absolute Gasteiger partial charge is 0.00178 e. The summed E-state index contributed by atoms with van der Waals surface area (Å²) in [6.07, 6.45) is 17.9. The molecular weight excluding hydrogens is 218 g/mol. The third-order valence-corrected chi connectivity index (χ3v) is 5.64. The maximum Gasteiger partial charge on any atom is -0.00178 e. The van der Waals surface area contributed by atoms with Crippen LogP contribution in [0.25, 0.3) is 0 Å². The van der Waals surface area contributed by atoms with Gasteiger partial charge in [0.2, 0.25) is 0 Å². The van der Waals surface area contributed by atoms with Crippen LogP contribution in [0.15, 0.2) is 0 Å². The van der Waals surface area contributed by atoms with Crippen molar-refractivity contribution in [2.24, 2.45) is 11.3 Å². The highest BCUT2D eigenvalue weighted by molar-refractivity contribution is 4.89. The minimum absolute atomic E-state index is 0.699. The molecule has 0 bridgehead atoms. The molecule has 1 aliphatic carbocycles. The third-order valence-electron chi connectivity index (χ3n) is 5.64. The quantitative estimate of drug-likeness (QED) is 0.645. The van der Waals surface area contributed by atoms with Crippen LogP contribution in [-0.2, 0) is 0 Å². The van der Waals surface area contributed by atoms with E-state index >= 15 is 0 Å². The first-order chi connectivity index (χ1) is 8.83. The van der Waals surface area contributed by atoms with E-state index in [9.17, 15) is 0 Å². The molecule has 1 saturated heterocycles. The van der Waals surface area contributed by atoms with Crippen LogP contribution < -0.4 is 5.32 Å². The molecule has 1 nitrogen and oxygen atoms in total. The van der Waals surface area contributed by atoms with E-state index in [4.69, 9.17) is 0 Å². The summed E-state index contributed by atoms with van der Waals surface area (Å²) >= 11 is 0. The van der Waals surface area contributed by atoms with Gasteiger partial charge in [0.1, 0.15) is 0 Å². The van der Waals surface area contributed by atoms with Crippen LogP contribution in [0.5, 0.6) is 0 Å². The van der Waals surface area contributed by atoms with Crippen LogP contribution in [0.2, 0.25) is 0 Å². The Bertz CT molecular complexity index is 212. The molecule has 1 saturated carbocycles. The zero-order chi connectivity index (χ0) is 12.7. The van der Waals surface area contributed by atoms with Crippen molar-refractivity contribution in [1.82, 2.24) is 5.32 Å². The summed E-state index contributed by atoms with van der Waals surface area (Å²) in [6.45, 7) is 5.03. The molecular formula is C17H33N. The largest absolute Gasteiger partial charge is 0.316 e. The highest BCUT2D eigenvalue weighted by Gasteiger charge is 2.36. The Kier molecular flexibility index (Phi) is 6.01. The molecule has 1 heterocycles. The lowest BCUT2D eigenvalue weighted by Gasteiger charge is -2.44. The van der Waals surface area contributed by atoms with Gasteiger partial charge in [-0.1, -0.05) is 64.7 Å². The molecule has 18 heavy (non-hydrogen) atoms. The molecule has 0 radical (unpaired) electrons. The Morgan fingerprint density at radius 3 is 1.72 bits per heavy atom. The van der Waals surface area contributed by atoms with E-state index in [-0.39, 0.29) is 0 Å². The molecule has 1 heteroatoms. The molecule has 1 N–H and O–H groups in total. The number of piperidine rings is 1. The Hall–Kier alpha value is -0.0400. The average molecular weight is 251 g/mol. The minimum atomic E-state index is 0.699.